The molecule has 0 radical (unpaired) electrons. The maximum Gasteiger partial charge on any atom is 0.233 e. The average Bonchev–Trinajstić information content (AvgIpc) is 2.56. The smallest absolute Gasteiger partial charge is 0.233 e. The van der Waals surface area contributed by atoms with Gasteiger partial charge in [0.2, 0.25) is 5.91 Å². The molecule has 1 aromatic carbocycles. The summed E-state index contributed by atoms with van der Waals surface area (Å²) in [5.41, 5.74) is 2.61. The molecule has 0 fully saturated rings. The number of carbonyl (C=O) groups excluding carboxylic acids is 1. The molecule has 1 N–H and O–H groups in total. The molecule has 1 heterocycles. The summed E-state index contributed by atoms with van der Waals surface area (Å²) >= 11 is 1.39. The molecule has 2 atom stereocenters. The lowest BCUT2D eigenvalue weighted by atomic mass is 9.88. The predicted molar refractivity (Wildman–Crippen MR) is 87.6 cm³/mol. The first-order valence-electron chi connectivity index (χ1n) is 7.56. The van der Waals surface area contributed by atoms with Gasteiger partial charge >= 0.3 is 0 Å². The number of hydrogen-bond acceptors (Lipinski definition) is 4. The van der Waals surface area contributed by atoms with Crippen molar-refractivity contribution in [2.45, 2.75) is 42.6 Å². The van der Waals surface area contributed by atoms with Crippen molar-refractivity contribution >= 4 is 17.7 Å². The second-order valence-electron chi connectivity index (χ2n) is 5.44. The molecule has 1 aromatic heterocycles. The van der Waals surface area contributed by atoms with Crippen molar-refractivity contribution in [1.82, 2.24) is 15.3 Å². The van der Waals surface area contributed by atoms with E-state index < -0.39 is 0 Å². The summed E-state index contributed by atoms with van der Waals surface area (Å²) in [7, 11) is 0. The van der Waals surface area contributed by atoms with Gasteiger partial charge in [0.05, 0.1) is 11.3 Å². The molecule has 5 heteroatoms. The maximum absolute atomic E-state index is 12.4. The Morgan fingerprint density at radius 1 is 1.27 bits per heavy atom. The third-order valence-corrected chi connectivity index (χ3v) is 4.87. The first-order valence-corrected chi connectivity index (χ1v) is 8.44. The van der Waals surface area contributed by atoms with Crippen LogP contribution >= 0.6 is 11.8 Å². The van der Waals surface area contributed by atoms with Gasteiger partial charge in [-0.15, -0.1) is 0 Å². The number of aromatic nitrogens is 2. The Labute approximate surface area is 134 Å². The molecule has 22 heavy (non-hydrogen) atoms. The van der Waals surface area contributed by atoms with Crippen molar-refractivity contribution in [3.63, 3.8) is 0 Å². The zero-order chi connectivity index (χ0) is 15.4. The highest BCUT2D eigenvalue weighted by atomic mass is 32.2. The van der Waals surface area contributed by atoms with Crippen LogP contribution in [0, 0.1) is 0 Å². The highest BCUT2D eigenvalue weighted by Gasteiger charge is 2.24. The minimum atomic E-state index is -0.212. The molecule has 114 valence electrons. The van der Waals surface area contributed by atoms with E-state index >= 15 is 0 Å². The van der Waals surface area contributed by atoms with Crippen LogP contribution in [0.3, 0.4) is 0 Å². The van der Waals surface area contributed by atoms with Crippen LogP contribution in [0.15, 0.2) is 47.9 Å². The van der Waals surface area contributed by atoms with Gasteiger partial charge in [0.1, 0.15) is 0 Å². The van der Waals surface area contributed by atoms with E-state index in [9.17, 15) is 4.79 Å². The molecule has 0 saturated carbocycles. The molecule has 0 saturated heterocycles. The molecule has 4 nitrogen and oxygen atoms in total. The lowest BCUT2D eigenvalue weighted by molar-refractivity contribution is -0.121. The van der Waals surface area contributed by atoms with Crippen LogP contribution in [-0.2, 0) is 11.2 Å². The summed E-state index contributed by atoms with van der Waals surface area (Å²) < 4.78 is 0. The van der Waals surface area contributed by atoms with Crippen LogP contribution in [0.25, 0.3) is 0 Å². The van der Waals surface area contributed by atoms with E-state index in [1.807, 2.05) is 13.0 Å². The lowest BCUT2D eigenvalue weighted by Crippen LogP contribution is -2.36. The number of fused-ring (bicyclic) bond motifs is 1. The van der Waals surface area contributed by atoms with Crippen molar-refractivity contribution in [2.75, 3.05) is 0 Å². The number of amides is 1. The normalized spacial score (nSPS) is 18.3. The fourth-order valence-electron chi connectivity index (χ4n) is 2.75. The molecule has 0 bridgehead atoms. The number of benzene rings is 1. The second kappa shape index (κ2) is 6.92. The van der Waals surface area contributed by atoms with Crippen LogP contribution in [0.4, 0.5) is 0 Å². The Bertz CT molecular complexity index is 647. The first-order chi connectivity index (χ1) is 10.7. The van der Waals surface area contributed by atoms with Gasteiger partial charge in [-0.1, -0.05) is 36.0 Å². The fraction of sp³-hybridized carbons (Fsp3) is 0.353. The molecular formula is C17H19N3OS. The molecule has 1 amide bonds. The van der Waals surface area contributed by atoms with E-state index in [2.05, 4.69) is 33.5 Å². The number of aryl methyl sites for hydroxylation is 1. The molecule has 0 unspecified atom stereocenters. The van der Waals surface area contributed by atoms with Crippen molar-refractivity contribution in [3.8, 4) is 0 Å². The Kier molecular flexibility index (Phi) is 4.73. The van der Waals surface area contributed by atoms with Gasteiger partial charge in [-0.3, -0.25) is 4.79 Å². The van der Waals surface area contributed by atoms with Crippen LogP contribution in [0.5, 0.6) is 0 Å². The minimum absolute atomic E-state index is 0.0409. The summed E-state index contributed by atoms with van der Waals surface area (Å²) in [5.74, 6) is 0.0409. The standard InChI is InChI=1S/C17H19N3OS/c1-12(22-17-18-10-5-11-19-17)16(21)20-15-9-4-7-13-6-2-3-8-14(13)15/h2-3,5-6,8,10-12,15H,4,7,9H2,1H3,(H,20,21)/t12-,15-/m1/s1. The largest absolute Gasteiger partial charge is 0.348 e. The summed E-state index contributed by atoms with van der Waals surface area (Å²) in [5, 5.41) is 3.60. The number of hydrogen-bond donors (Lipinski definition) is 1. The van der Waals surface area contributed by atoms with Crippen LogP contribution in [-0.4, -0.2) is 21.1 Å². The van der Waals surface area contributed by atoms with Gasteiger partial charge in [-0.25, -0.2) is 9.97 Å². The van der Waals surface area contributed by atoms with Gasteiger partial charge in [0, 0.05) is 12.4 Å². The van der Waals surface area contributed by atoms with Crippen LogP contribution < -0.4 is 5.32 Å². The van der Waals surface area contributed by atoms with E-state index in [0.717, 1.165) is 19.3 Å². The van der Waals surface area contributed by atoms with E-state index in [1.54, 1.807) is 18.5 Å². The Balaban J connectivity index is 1.65. The summed E-state index contributed by atoms with van der Waals surface area (Å²) in [6.45, 7) is 1.89. The van der Waals surface area contributed by atoms with Gasteiger partial charge in [0.25, 0.3) is 0 Å². The Morgan fingerprint density at radius 3 is 2.86 bits per heavy atom. The third kappa shape index (κ3) is 3.47. The van der Waals surface area contributed by atoms with Gasteiger partial charge in [-0.05, 0) is 43.4 Å². The van der Waals surface area contributed by atoms with Crippen molar-refractivity contribution in [2.24, 2.45) is 0 Å². The summed E-state index contributed by atoms with van der Waals surface area (Å²) in [4.78, 5) is 20.7. The highest BCUT2D eigenvalue weighted by Crippen LogP contribution is 2.30. The van der Waals surface area contributed by atoms with Crippen molar-refractivity contribution in [1.29, 1.82) is 0 Å². The second-order valence-corrected chi connectivity index (χ2v) is 6.75. The molecule has 1 aliphatic rings. The fourth-order valence-corrected chi connectivity index (χ4v) is 3.49. The average molecular weight is 313 g/mol. The zero-order valence-electron chi connectivity index (χ0n) is 12.5. The van der Waals surface area contributed by atoms with E-state index in [0.29, 0.717) is 5.16 Å². The molecule has 3 rings (SSSR count). The van der Waals surface area contributed by atoms with Crippen molar-refractivity contribution < 1.29 is 4.79 Å². The third-order valence-electron chi connectivity index (χ3n) is 3.88. The monoisotopic (exact) mass is 313 g/mol. The van der Waals surface area contributed by atoms with Crippen molar-refractivity contribution in [3.05, 3.63) is 53.9 Å². The lowest BCUT2D eigenvalue weighted by Gasteiger charge is -2.27. The first kappa shape index (κ1) is 15.0. The van der Waals surface area contributed by atoms with Crippen LogP contribution in [0.1, 0.15) is 36.9 Å². The maximum atomic E-state index is 12.4. The number of nitrogens with zero attached hydrogens (tertiary/aromatic N) is 2. The Hall–Kier alpha value is -1.88. The zero-order valence-corrected chi connectivity index (χ0v) is 13.3. The number of nitrogens with one attached hydrogen (secondary N) is 1. The van der Waals surface area contributed by atoms with Gasteiger partial charge < -0.3 is 5.32 Å². The number of rotatable bonds is 4. The molecule has 1 aliphatic carbocycles. The number of carbonyl (C=O) groups is 1. The molecular weight excluding hydrogens is 294 g/mol. The predicted octanol–water partition coefficient (Wildman–Crippen LogP) is 3.15. The van der Waals surface area contributed by atoms with Gasteiger partial charge in [-0.2, -0.15) is 0 Å². The van der Waals surface area contributed by atoms with E-state index in [-0.39, 0.29) is 17.2 Å². The minimum Gasteiger partial charge on any atom is -0.348 e. The van der Waals surface area contributed by atoms with Gasteiger partial charge in [0.15, 0.2) is 5.16 Å². The SMILES string of the molecule is C[C@@H](Sc1ncccn1)C(=O)N[C@@H]1CCCc2ccccc21. The summed E-state index contributed by atoms with van der Waals surface area (Å²) in [6, 6.07) is 10.3. The quantitative estimate of drug-likeness (QED) is 0.696. The highest BCUT2D eigenvalue weighted by molar-refractivity contribution is 8.00. The topological polar surface area (TPSA) is 54.9 Å². The number of thioether (sulfide) groups is 1. The Morgan fingerprint density at radius 2 is 2.05 bits per heavy atom. The molecule has 0 aliphatic heterocycles. The molecule has 0 spiro atoms. The summed E-state index contributed by atoms with van der Waals surface area (Å²) in [6.07, 6.45) is 6.60. The van der Waals surface area contributed by atoms with Crippen LogP contribution in [0.2, 0.25) is 0 Å². The molecule has 2 aromatic rings. The van der Waals surface area contributed by atoms with E-state index in [1.165, 1.54) is 22.9 Å². The van der Waals surface area contributed by atoms with E-state index in [4.69, 9.17) is 0 Å².